The predicted molar refractivity (Wildman–Crippen MR) is 109 cm³/mol. The van der Waals surface area contributed by atoms with E-state index in [0.717, 1.165) is 28.1 Å². The molecular formula is C20H23N5O2. The van der Waals surface area contributed by atoms with E-state index >= 15 is 0 Å². The predicted octanol–water partition coefficient (Wildman–Crippen LogP) is 3.88. The number of methoxy groups -OCH3 is 1. The largest absolute Gasteiger partial charge is 0.493 e. The Labute approximate surface area is 158 Å². The molecule has 0 aliphatic heterocycles. The van der Waals surface area contributed by atoms with Crippen LogP contribution in [0.1, 0.15) is 13.8 Å². The number of aromatic amines is 1. The summed E-state index contributed by atoms with van der Waals surface area (Å²) in [5.74, 6) is 2.11. The molecule has 0 saturated heterocycles. The molecule has 3 aromatic rings. The summed E-state index contributed by atoms with van der Waals surface area (Å²) in [4.78, 5) is 8.01. The van der Waals surface area contributed by atoms with E-state index in [9.17, 15) is 0 Å². The second kappa shape index (κ2) is 7.82. The van der Waals surface area contributed by atoms with E-state index in [1.165, 1.54) is 6.34 Å². The summed E-state index contributed by atoms with van der Waals surface area (Å²) in [6.07, 6.45) is 2.85. The summed E-state index contributed by atoms with van der Waals surface area (Å²) in [5, 5.41) is 5.63. The third kappa shape index (κ3) is 3.87. The fourth-order valence-electron chi connectivity index (χ4n) is 2.74. The van der Waals surface area contributed by atoms with Gasteiger partial charge < -0.3 is 20.2 Å². The van der Waals surface area contributed by atoms with Crippen molar-refractivity contribution in [1.29, 1.82) is 0 Å². The van der Waals surface area contributed by atoms with Crippen LogP contribution in [0.4, 0.5) is 5.69 Å². The maximum atomic E-state index is 5.85. The number of anilines is 1. The molecule has 0 amide bonds. The van der Waals surface area contributed by atoms with Crippen molar-refractivity contribution in [2.45, 2.75) is 20.0 Å². The van der Waals surface area contributed by atoms with Crippen LogP contribution in [0.15, 0.2) is 54.3 Å². The molecule has 1 heterocycles. The number of nitrogens with zero attached hydrogens (tertiary/aromatic N) is 3. The van der Waals surface area contributed by atoms with E-state index in [0.29, 0.717) is 11.5 Å². The Morgan fingerprint density at radius 3 is 2.70 bits per heavy atom. The van der Waals surface area contributed by atoms with Gasteiger partial charge in [0.25, 0.3) is 0 Å². The first kappa shape index (κ1) is 18.3. The standard InChI is InChI=1S/C20H23N5O2/c1-5-25(22-12-21)15-7-8-16-17(11-15)24-20(23-16)14-6-9-18(26-4)19(10-14)27-13(2)3/h5-13H,1H2,2-4H3,(H2,21,22)(H,23,24). The molecule has 0 unspecified atom stereocenters. The number of ether oxygens (including phenoxy) is 2. The number of aromatic nitrogens is 2. The van der Waals surface area contributed by atoms with Crippen molar-refractivity contribution >= 4 is 23.1 Å². The molecule has 0 aliphatic carbocycles. The highest BCUT2D eigenvalue weighted by Crippen LogP contribution is 2.33. The number of nitrogens with two attached hydrogens (primary N) is 1. The molecule has 0 radical (unpaired) electrons. The summed E-state index contributed by atoms with van der Waals surface area (Å²) >= 11 is 0. The molecule has 3 N–H and O–H groups in total. The summed E-state index contributed by atoms with van der Waals surface area (Å²) in [6, 6.07) is 11.5. The minimum absolute atomic E-state index is 0.0420. The van der Waals surface area contributed by atoms with Gasteiger partial charge in [0.05, 0.1) is 29.9 Å². The van der Waals surface area contributed by atoms with Crippen LogP contribution in [0.5, 0.6) is 11.5 Å². The lowest BCUT2D eigenvalue weighted by molar-refractivity contribution is 0.230. The van der Waals surface area contributed by atoms with Crippen molar-refractivity contribution in [3.8, 4) is 22.9 Å². The number of nitrogens with one attached hydrogen (secondary N) is 1. The van der Waals surface area contributed by atoms with Crippen molar-refractivity contribution in [2.75, 3.05) is 12.1 Å². The van der Waals surface area contributed by atoms with Gasteiger partial charge in [-0.1, -0.05) is 6.58 Å². The Morgan fingerprint density at radius 1 is 1.22 bits per heavy atom. The molecule has 1 aromatic heterocycles. The maximum absolute atomic E-state index is 5.85. The molecule has 7 nitrogen and oxygen atoms in total. The monoisotopic (exact) mass is 365 g/mol. The highest BCUT2D eigenvalue weighted by molar-refractivity contribution is 5.83. The van der Waals surface area contributed by atoms with Crippen molar-refractivity contribution in [3.63, 3.8) is 0 Å². The smallest absolute Gasteiger partial charge is 0.162 e. The number of hydrogen-bond acceptors (Lipinski definition) is 5. The number of imidazole rings is 1. The van der Waals surface area contributed by atoms with Crippen LogP contribution in [0, 0.1) is 0 Å². The summed E-state index contributed by atoms with van der Waals surface area (Å²) in [7, 11) is 1.63. The molecule has 2 aromatic carbocycles. The van der Waals surface area contributed by atoms with Gasteiger partial charge in [-0.25, -0.2) is 9.99 Å². The minimum Gasteiger partial charge on any atom is -0.493 e. The maximum Gasteiger partial charge on any atom is 0.162 e. The van der Waals surface area contributed by atoms with Gasteiger partial charge in [-0.2, -0.15) is 5.10 Å². The van der Waals surface area contributed by atoms with Gasteiger partial charge in [0.1, 0.15) is 12.2 Å². The summed E-state index contributed by atoms with van der Waals surface area (Å²) < 4.78 is 11.2. The fraction of sp³-hybridized carbons (Fsp3) is 0.200. The molecule has 7 heteroatoms. The van der Waals surface area contributed by atoms with Crippen LogP contribution in [0.2, 0.25) is 0 Å². The van der Waals surface area contributed by atoms with Crippen molar-refractivity contribution < 1.29 is 9.47 Å². The normalized spacial score (nSPS) is 11.3. The first-order chi connectivity index (χ1) is 13.0. The Kier molecular flexibility index (Phi) is 5.30. The number of fused-ring (bicyclic) bond motifs is 1. The molecule has 27 heavy (non-hydrogen) atoms. The van der Waals surface area contributed by atoms with Crippen molar-refractivity contribution in [1.82, 2.24) is 9.97 Å². The zero-order chi connectivity index (χ0) is 19.4. The van der Waals surface area contributed by atoms with Crippen LogP contribution < -0.4 is 20.2 Å². The second-order valence-corrected chi connectivity index (χ2v) is 6.11. The van der Waals surface area contributed by atoms with Crippen LogP contribution in [0.25, 0.3) is 22.4 Å². The van der Waals surface area contributed by atoms with Gasteiger partial charge in [-0.15, -0.1) is 0 Å². The van der Waals surface area contributed by atoms with E-state index in [4.69, 9.17) is 15.2 Å². The molecule has 0 spiro atoms. The number of H-pyrrole nitrogens is 1. The molecule has 140 valence electrons. The molecule has 0 saturated carbocycles. The highest BCUT2D eigenvalue weighted by atomic mass is 16.5. The minimum atomic E-state index is 0.0420. The van der Waals surface area contributed by atoms with Crippen LogP contribution in [0.3, 0.4) is 0 Å². The second-order valence-electron chi connectivity index (χ2n) is 6.11. The van der Waals surface area contributed by atoms with Gasteiger partial charge >= 0.3 is 0 Å². The molecule has 0 atom stereocenters. The van der Waals surface area contributed by atoms with Gasteiger partial charge in [0.2, 0.25) is 0 Å². The summed E-state index contributed by atoms with van der Waals surface area (Å²) in [5.41, 5.74) is 8.84. The quantitative estimate of drug-likeness (QED) is 0.377. The third-order valence-electron chi connectivity index (χ3n) is 3.89. The number of benzene rings is 2. The molecule has 3 rings (SSSR count). The summed E-state index contributed by atoms with van der Waals surface area (Å²) in [6.45, 7) is 7.70. The lowest BCUT2D eigenvalue weighted by atomic mass is 10.2. The van der Waals surface area contributed by atoms with Crippen molar-refractivity contribution in [3.05, 3.63) is 49.2 Å². The van der Waals surface area contributed by atoms with E-state index in [2.05, 4.69) is 21.6 Å². The Balaban J connectivity index is 2.01. The van der Waals surface area contributed by atoms with E-state index in [-0.39, 0.29) is 6.10 Å². The zero-order valence-electron chi connectivity index (χ0n) is 15.6. The Morgan fingerprint density at radius 2 is 2.04 bits per heavy atom. The van der Waals surface area contributed by atoms with Crippen molar-refractivity contribution in [2.24, 2.45) is 10.8 Å². The van der Waals surface area contributed by atoms with E-state index in [1.807, 2.05) is 50.2 Å². The average molecular weight is 365 g/mol. The van der Waals surface area contributed by atoms with E-state index < -0.39 is 0 Å². The molecule has 0 aliphatic rings. The Bertz CT molecular complexity index is 978. The average Bonchev–Trinajstić information content (AvgIpc) is 3.08. The number of rotatable bonds is 7. The Hall–Kier alpha value is -3.48. The fourth-order valence-corrected chi connectivity index (χ4v) is 2.74. The SMILES string of the molecule is C=CN(/N=C\N)c1ccc2nc(-c3ccc(OC)c(OC(C)C)c3)[nH]c2c1. The topological polar surface area (TPSA) is 88.8 Å². The molecule has 0 bridgehead atoms. The number of hydrazone groups is 1. The van der Waals surface area contributed by atoms with Gasteiger partial charge in [0, 0.05) is 11.8 Å². The molecular weight excluding hydrogens is 342 g/mol. The highest BCUT2D eigenvalue weighted by Gasteiger charge is 2.12. The first-order valence-corrected chi connectivity index (χ1v) is 8.56. The van der Waals surface area contributed by atoms with Gasteiger partial charge in [-0.05, 0) is 50.2 Å². The lowest BCUT2D eigenvalue weighted by Gasteiger charge is -2.14. The van der Waals surface area contributed by atoms with Crippen LogP contribution in [-0.2, 0) is 0 Å². The zero-order valence-corrected chi connectivity index (χ0v) is 15.6. The third-order valence-corrected chi connectivity index (χ3v) is 3.89. The van der Waals surface area contributed by atoms with E-state index in [1.54, 1.807) is 18.3 Å². The molecule has 0 fully saturated rings. The van der Waals surface area contributed by atoms with Crippen LogP contribution in [-0.4, -0.2) is 29.5 Å². The van der Waals surface area contributed by atoms with Gasteiger partial charge in [0.15, 0.2) is 11.5 Å². The van der Waals surface area contributed by atoms with Crippen LogP contribution >= 0.6 is 0 Å². The first-order valence-electron chi connectivity index (χ1n) is 8.56. The number of hydrogen-bond donors (Lipinski definition) is 2. The lowest BCUT2D eigenvalue weighted by Crippen LogP contribution is -2.09. The van der Waals surface area contributed by atoms with Gasteiger partial charge in [-0.3, -0.25) is 0 Å².